The molecule has 0 aromatic heterocycles. The van der Waals surface area contributed by atoms with Gasteiger partial charge in [0.15, 0.2) is 0 Å². The third-order valence-corrected chi connectivity index (χ3v) is 3.69. The molecule has 5 nitrogen and oxygen atoms in total. The van der Waals surface area contributed by atoms with Gasteiger partial charge in [0.05, 0.1) is 17.3 Å². The Morgan fingerprint density at radius 1 is 1.04 bits per heavy atom. The molecule has 0 aliphatic rings. The fourth-order valence-electron chi connectivity index (χ4n) is 1.98. The molecule has 0 heterocycles. The zero-order valence-corrected chi connectivity index (χ0v) is 14.5. The van der Waals surface area contributed by atoms with Crippen LogP contribution < -0.4 is 16.0 Å². The van der Waals surface area contributed by atoms with Gasteiger partial charge in [0, 0.05) is 22.8 Å². The van der Waals surface area contributed by atoms with E-state index in [9.17, 15) is 9.59 Å². The molecule has 2 aromatic rings. The number of rotatable bonds is 6. The van der Waals surface area contributed by atoms with Crippen molar-refractivity contribution in [2.75, 3.05) is 23.7 Å². The minimum Gasteiger partial charge on any atom is -0.375 e. The normalized spacial score (nSPS) is 10.1. The molecule has 126 valence electrons. The Morgan fingerprint density at radius 2 is 1.75 bits per heavy atom. The quantitative estimate of drug-likeness (QED) is 0.729. The lowest BCUT2D eigenvalue weighted by Crippen LogP contribution is -2.23. The summed E-state index contributed by atoms with van der Waals surface area (Å²) >= 11 is 11.9. The molecule has 0 aliphatic carbocycles. The van der Waals surface area contributed by atoms with Gasteiger partial charge in [0.25, 0.3) is 5.91 Å². The summed E-state index contributed by atoms with van der Waals surface area (Å²) < 4.78 is 0. The van der Waals surface area contributed by atoms with Crippen LogP contribution in [0.25, 0.3) is 0 Å². The largest absolute Gasteiger partial charge is 0.375 e. The highest BCUT2D eigenvalue weighted by molar-refractivity contribution is 6.36. The summed E-state index contributed by atoms with van der Waals surface area (Å²) in [6, 6.07) is 11.7. The molecule has 0 saturated carbocycles. The van der Waals surface area contributed by atoms with Crippen molar-refractivity contribution < 1.29 is 9.59 Å². The van der Waals surface area contributed by atoms with Crippen LogP contribution in [0, 0.1) is 0 Å². The zero-order valence-electron chi connectivity index (χ0n) is 13.0. The molecular weight excluding hydrogens is 349 g/mol. The van der Waals surface area contributed by atoms with Crippen molar-refractivity contribution in [2.45, 2.75) is 6.92 Å². The summed E-state index contributed by atoms with van der Waals surface area (Å²) in [5, 5.41) is 9.37. The van der Waals surface area contributed by atoms with Gasteiger partial charge in [0.1, 0.15) is 0 Å². The molecule has 0 spiro atoms. The molecule has 0 aliphatic heterocycles. The van der Waals surface area contributed by atoms with Crippen molar-refractivity contribution in [3.05, 3.63) is 58.1 Å². The minimum atomic E-state index is -0.230. The molecule has 2 amide bonds. The van der Waals surface area contributed by atoms with E-state index in [0.717, 1.165) is 0 Å². The Labute approximate surface area is 150 Å². The summed E-state index contributed by atoms with van der Waals surface area (Å²) in [4.78, 5) is 23.6. The average molecular weight is 366 g/mol. The highest BCUT2D eigenvalue weighted by Gasteiger charge is 2.07. The van der Waals surface area contributed by atoms with Gasteiger partial charge in [0.2, 0.25) is 5.91 Å². The first-order valence-electron chi connectivity index (χ1n) is 7.36. The molecule has 2 aromatic carbocycles. The van der Waals surface area contributed by atoms with E-state index in [0.29, 0.717) is 33.5 Å². The minimum absolute atomic E-state index is 0.0550. The predicted molar refractivity (Wildman–Crippen MR) is 98.0 cm³/mol. The van der Waals surface area contributed by atoms with Crippen LogP contribution in [-0.4, -0.2) is 24.9 Å². The summed E-state index contributed by atoms with van der Waals surface area (Å²) in [6.07, 6.45) is 0. The van der Waals surface area contributed by atoms with Gasteiger partial charge in [-0.1, -0.05) is 23.2 Å². The highest BCUT2D eigenvalue weighted by atomic mass is 35.5. The van der Waals surface area contributed by atoms with E-state index < -0.39 is 0 Å². The van der Waals surface area contributed by atoms with Gasteiger partial charge in [-0.3, -0.25) is 9.59 Å². The van der Waals surface area contributed by atoms with Crippen LogP contribution in [0.2, 0.25) is 10.0 Å². The molecule has 3 N–H and O–H groups in total. The number of halogens is 2. The molecule has 2 rings (SSSR count). The third-order valence-electron chi connectivity index (χ3n) is 3.14. The van der Waals surface area contributed by atoms with Gasteiger partial charge in [-0.05, 0) is 49.4 Å². The van der Waals surface area contributed by atoms with E-state index in [1.54, 1.807) is 42.5 Å². The molecule has 0 fully saturated rings. The first-order valence-corrected chi connectivity index (χ1v) is 8.12. The number of carbonyl (C=O) groups is 2. The van der Waals surface area contributed by atoms with Gasteiger partial charge in [-0.2, -0.15) is 0 Å². The molecular formula is C17H17Cl2N3O2. The fraction of sp³-hybridized carbons (Fsp3) is 0.176. The SMILES string of the molecule is CCNC(=O)c1ccc(NC(=O)CNc2ccc(Cl)cc2Cl)cc1. The second kappa shape index (κ2) is 8.57. The maximum Gasteiger partial charge on any atom is 0.251 e. The van der Waals surface area contributed by atoms with E-state index in [4.69, 9.17) is 23.2 Å². The monoisotopic (exact) mass is 365 g/mol. The van der Waals surface area contributed by atoms with Crippen molar-refractivity contribution in [1.82, 2.24) is 5.32 Å². The maximum absolute atomic E-state index is 12.0. The Bertz CT molecular complexity index is 733. The summed E-state index contributed by atoms with van der Waals surface area (Å²) in [5.41, 5.74) is 1.78. The van der Waals surface area contributed by atoms with Crippen LogP contribution in [-0.2, 0) is 4.79 Å². The number of nitrogens with one attached hydrogen (secondary N) is 3. The molecule has 24 heavy (non-hydrogen) atoms. The van der Waals surface area contributed by atoms with E-state index in [2.05, 4.69) is 16.0 Å². The first kappa shape index (κ1) is 18.1. The van der Waals surface area contributed by atoms with Crippen molar-refractivity contribution in [3.8, 4) is 0 Å². The van der Waals surface area contributed by atoms with Crippen molar-refractivity contribution in [2.24, 2.45) is 0 Å². The molecule has 7 heteroatoms. The molecule has 0 bridgehead atoms. The fourth-order valence-corrected chi connectivity index (χ4v) is 2.46. The summed E-state index contributed by atoms with van der Waals surface area (Å²) in [5.74, 6) is -0.374. The second-order valence-corrected chi connectivity index (χ2v) is 5.81. The van der Waals surface area contributed by atoms with Gasteiger partial charge >= 0.3 is 0 Å². The lowest BCUT2D eigenvalue weighted by atomic mass is 10.2. The van der Waals surface area contributed by atoms with Gasteiger partial charge in [-0.25, -0.2) is 0 Å². The Hall–Kier alpha value is -2.24. The van der Waals surface area contributed by atoms with E-state index >= 15 is 0 Å². The number of carbonyl (C=O) groups excluding carboxylic acids is 2. The van der Waals surface area contributed by atoms with Crippen LogP contribution in [0.4, 0.5) is 11.4 Å². The Morgan fingerprint density at radius 3 is 2.38 bits per heavy atom. The Kier molecular flexibility index (Phi) is 6.46. The van der Waals surface area contributed by atoms with Crippen LogP contribution in [0.3, 0.4) is 0 Å². The number of anilines is 2. The van der Waals surface area contributed by atoms with Gasteiger partial charge in [-0.15, -0.1) is 0 Å². The molecule has 0 atom stereocenters. The van der Waals surface area contributed by atoms with E-state index in [1.807, 2.05) is 6.92 Å². The molecule has 0 radical (unpaired) electrons. The van der Waals surface area contributed by atoms with Crippen LogP contribution in [0.1, 0.15) is 17.3 Å². The average Bonchev–Trinajstić information content (AvgIpc) is 2.55. The lowest BCUT2D eigenvalue weighted by molar-refractivity contribution is -0.114. The Balaban J connectivity index is 1.89. The summed E-state index contributed by atoms with van der Waals surface area (Å²) in [7, 11) is 0. The van der Waals surface area contributed by atoms with Crippen molar-refractivity contribution >= 4 is 46.4 Å². The number of amides is 2. The first-order chi connectivity index (χ1) is 11.5. The van der Waals surface area contributed by atoms with Gasteiger partial charge < -0.3 is 16.0 Å². The van der Waals surface area contributed by atoms with Crippen molar-refractivity contribution in [1.29, 1.82) is 0 Å². The molecule has 0 saturated heterocycles. The van der Waals surface area contributed by atoms with E-state index in [-0.39, 0.29) is 18.4 Å². The topological polar surface area (TPSA) is 70.2 Å². The second-order valence-electron chi connectivity index (χ2n) is 4.96. The smallest absolute Gasteiger partial charge is 0.251 e. The maximum atomic E-state index is 12.0. The third kappa shape index (κ3) is 5.15. The highest BCUT2D eigenvalue weighted by Crippen LogP contribution is 2.25. The van der Waals surface area contributed by atoms with Crippen LogP contribution in [0.5, 0.6) is 0 Å². The predicted octanol–water partition coefficient (Wildman–Crippen LogP) is 3.79. The molecule has 0 unspecified atom stereocenters. The lowest BCUT2D eigenvalue weighted by Gasteiger charge is -2.10. The summed E-state index contributed by atoms with van der Waals surface area (Å²) in [6.45, 7) is 2.47. The van der Waals surface area contributed by atoms with Crippen molar-refractivity contribution in [3.63, 3.8) is 0 Å². The zero-order chi connectivity index (χ0) is 17.5. The van der Waals surface area contributed by atoms with E-state index in [1.165, 1.54) is 0 Å². The number of hydrogen-bond donors (Lipinski definition) is 3. The van der Waals surface area contributed by atoms with Crippen LogP contribution >= 0.6 is 23.2 Å². The number of hydrogen-bond acceptors (Lipinski definition) is 3. The number of benzene rings is 2. The van der Waals surface area contributed by atoms with Crippen LogP contribution in [0.15, 0.2) is 42.5 Å². The standard InChI is InChI=1S/C17H17Cl2N3O2/c1-2-20-17(24)11-3-6-13(7-4-11)22-16(23)10-21-15-8-5-12(18)9-14(15)19/h3-9,21H,2,10H2,1H3,(H,20,24)(H,22,23).